The average Bonchev–Trinajstić information content (AvgIpc) is 3.31. The van der Waals surface area contributed by atoms with Crippen molar-refractivity contribution in [3.8, 4) is 16.6 Å². The monoisotopic (exact) mass is 381 g/mol. The molecule has 3 heterocycles. The molecule has 1 aliphatic heterocycles. The zero-order chi connectivity index (χ0) is 19.0. The summed E-state index contributed by atoms with van der Waals surface area (Å²) in [5.41, 5.74) is 3.22. The van der Waals surface area contributed by atoms with Crippen LogP contribution < -0.4 is 5.32 Å². The normalized spacial score (nSPS) is 15.9. The smallest absolute Gasteiger partial charge is 0.317 e. The van der Waals surface area contributed by atoms with Crippen LogP contribution in [0.25, 0.3) is 10.6 Å². The summed E-state index contributed by atoms with van der Waals surface area (Å²) in [5, 5.41) is 21.2. The Morgan fingerprint density at radius 1 is 1.48 bits per heavy atom. The predicted octanol–water partition coefficient (Wildman–Crippen LogP) is 4.13. The number of nitriles is 1. The van der Waals surface area contributed by atoms with Crippen LogP contribution in [0.2, 0.25) is 0 Å². The van der Waals surface area contributed by atoms with Crippen molar-refractivity contribution >= 4 is 23.1 Å². The molecule has 2 N–H and O–H groups in total. The molecule has 0 saturated carbocycles. The summed E-state index contributed by atoms with van der Waals surface area (Å²) >= 11 is 1.60. The summed E-state index contributed by atoms with van der Waals surface area (Å²) in [6.45, 7) is 2.40. The van der Waals surface area contributed by atoms with Crippen molar-refractivity contribution in [2.45, 2.75) is 25.9 Å². The molecular formula is C19H16FN5OS. The molecule has 136 valence electrons. The molecule has 6 nitrogen and oxygen atoms in total. The first kappa shape index (κ1) is 17.2. The van der Waals surface area contributed by atoms with E-state index < -0.39 is 5.82 Å². The van der Waals surface area contributed by atoms with Crippen LogP contribution >= 0.6 is 11.3 Å². The first-order valence-electron chi connectivity index (χ1n) is 8.44. The molecule has 0 aliphatic carbocycles. The number of nitrogens with one attached hydrogen (secondary N) is 2. The van der Waals surface area contributed by atoms with Gasteiger partial charge < -0.3 is 10.2 Å². The highest BCUT2D eigenvalue weighted by molar-refractivity contribution is 7.13. The lowest BCUT2D eigenvalue weighted by atomic mass is 9.99. The molecule has 1 aromatic carbocycles. The van der Waals surface area contributed by atoms with Crippen molar-refractivity contribution in [3.63, 3.8) is 0 Å². The number of aromatic nitrogens is 2. The Bertz CT molecular complexity index is 1040. The third-order valence-corrected chi connectivity index (χ3v) is 5.54. The number of H-pyrrole nitrogens is 1. The maximum Gasteiger partial charge on any atom is 0.322 e. The van der Waals surface area contributed by atoms with Gasteiger partial charge in [0.2, 0.25) is 0 Å². The van der Waals surface area contributed by atoms with Crippen molar-refractivity contribution in [2.24, 2.45) is 0 Å². The highest BCUT2D eigenvalue weighted by Gasteiger charge is 2.31. The number of halogens is 1. The molecule has 0 spiro atoms. The second kappa shape index (κ2) is 6.85. The minimum atomic E-state index is -0.606. The molecule has 1 atom stereocenters. The number of aromatic amines is 1. The van der Waals surface area contributed by atoms with Crippen LogP contribution in [0.15, 0.2) is 35.7 Å². The third kappa shape index (κ3) is 3.17. The van der Waals surface area contributed by atoms with Crippen LogP contribution in [-0.2, 0) is 13.0 Å². The van der Waals surface area contributed by atoms with E-state index in [9.17, 15) is 9.18 Å². The highest BCUT2D eigenvalue weighted by atomic mass is 32.1. The fourth-order valence-corrected chi connectivity index (χ4v) is 3.99. The van der Waals surface area contributed by atoms with Gasteiger partial charge in [-0.25, -0.2) is 9.18 Å². The van der Waals surface area contributed by atoms with E-state index in [2.05, 4.69) is 15.5 Å². The second-order valence-corrected chi connectivity index (χ2v) is 7.37. The van der Waals surface area contributed by atoms with Gasteiger partial charge in [0.1, 0.15) is 17.6 Å². The first-order valence-corrected chi connectivity index (χ1v) is 9.32. The number of anilines is 1. The molecule has 1 aliphatic rings. The molecule has 3 aromatic rings. The molecule has 0 saturated heterocycles. The zero-order valence-electron chi connectivity index (χ0n) is 14.5. The maximum atomic E-state index is 13.5. The van der Waals surface area contributed by atoms with Crippen molar-refractivity contribution in [3.05, 3.63) is 58.3 Å². The van der Waals surface area contributed by atoms with Crippen LogP contribution in [0.4, 0.5) is 14.9 Å². The summed E-state index contributed by atoms with van der Waals surface area (Å²) in [7, 11) is 0. The van der Waals surface area contributed by atoms with Gasteiger partial charge in [0.15, 0.2) is 0 Å². The van der Waals surface area contributed by atoms with Crippen molar-refractivity contribution in [1.82, 2.24) is 15.1 Å². The molecule has 4 rings (SSSR count). The fourth-order valence-electron chi connectivity index (χ4n) is 3.25. The SMILES string of the molecule is C[C@H]1Cc2[nH]nc(-c3cccs3)c2CN1C(=O)Nc1ccc(F)c(C#N)c1. The number of hydrogen-bond acceptors (Lipinski definition) is 4. The Labute approximate surface area is 159 Å². The third-order valence-electron chi connectivity index (χ3n) is 4.67. The number of hydrogen-bond donors (Lipinski definition) is 2. The summed E-state index contributed by atoms with van der Waals surface area (Å²) in [6, 6.07) is 9.40. The fraction of sp³-hybridized carbons (Fsp3) is 0.211. The number of amides is 2. The Morgan fingerprint density at radius 2 is 2.33 bits per heavy atom. The molecule has 0 fully saturated rings. The van der Waals surface area contributed by atoms with Gasteiger partial charge in [-0.1, -0.05) is 6.07 Å². The Balaban J connectivity index is 1.57. The van der Waals surface area contributed by atoms with Crippen LogP contribution in [0.1, 0.15) is 23.7 Å². The standard InChI is InChI=1S/C19H16FN5OS/c1-11-7-16-14(18(24-23-16)17-3-2-6-27-17)10-25(11)19(26)22-13-4-5-15(20)12(8-13)9-21/h2-6,8,11H,7,10H2,1H3,(H,22,26)(H,23,24)/t11-/m0/s1. The molecule has 0 unspecified atom stereocenters. The van der Waals surface area contributed by atoms with Gasteiger partial charge in [-0.3, -0.25) is 5.10 Å². The number of thiophene rings is 1. The Kier molecular flexibility index (Phi) is 4.38. The van der Waals surface area contributed by atoms with E-state index in [4.69, 9.17) is 5.26 Å². The van der Waals surface area contributed by atoms with Gasteiger partial charge in [0.05, 0.1) is 17.0 Å². The number of fused-ring (bicyclic) bond motifs is 1. The summed E-state index contributed by atoms with van der Waals surface area (Å²) < 4.78 is 13.5. The van der Waals surface area contributed by atoms with E-state index in [1.54, 1.807) is 22.3 Å². The number of benzene rings is 1. The summed E-state index contributed by atoms with van der Waals surface area (Å²) in [4.78, 5) is 15.6. The average molecular weight is 381 g/mol. The largest absolute Gasteiger partial charge is 0.322 e. The quantitative estimate of drug-likeness (QED) is 0.700. The number of carbonyl (C=O) groups excluding carboxylic acids is 1. The molecule has 8 heteroatoms. The van der Waals surface area contributed by atoms with Crippen molar-refractivity contribution < 1.29 is 9.18 Å². The van der Waals surface area contributed by atoms with E-state index >= 15 is 0 Å². The Hall–Kier alpha value is -3.18. The molecule has 2 amide bonds. The van der Waals surface area contributed by atoms with Crippen LogP contribution in [0.3, 0.4) is 0 Å². The lowest BCUT2D eigenvalue weighted by Gasteiger charge is -2.33. The van der Waals surface area contributed by atoms with Gasteiger partial charge in [-0.2, -0.15) is 10.4 Å². The van der Waals surface area contributed by atoms with Gasteiger partial charge in [0, 0.05) is 29.4 Å². The van der Waals surface area contributed by atoms with E-state index in [0.717, 1.165) is 21.8 Å². The minimum absolute atomic E-state index is 0.0231. The van der Waals surface area contributed by atoms with Crippen LogP contribution in [0, 0.1) is 17.1 Å². The number of nitrogens with zero attached hydrogens (tertiary/aromatic N) is 3. The minimum Gasteiger partial charge on any atom is -0.317 e. The van der Waals surface area contributed by atoms with Gasteiger partial charge in [0.25, 0.3) is 0 Å². The van der Waals surface area contributed by atoms with E-state index in [1.165, 1.54) is 18.2 Å². The van der Waals surface area contributed by atoms with Gasteiger partial charge in [-0.15, -0.1) is 11.3 Å². The summed E-state index contributed by atoms with van der Waals surface area (Å²) in [5.74, 6) is -0.606. The topological polar surface area (TPSA) is 84.8 Å². The van der Waals surface area contributed by atoms with Crippen LogP contribution in [-0.4, -0.2) is 27.2 Å². The molecule has 0 radical (unpaired) electrons. The zero-order valence-corrected chi connectivity index (χ0v) is 15.3. The highest BCUT2D eigenvalue weighted by Crippen LogP contribution is 2.33. The lowest BCUT2D eigenvalue weighted by molar-refractivity contribution is 0.182. The van der Waals surface area contributed by atoms with E-state index in [-0.39, 0.29) is 17.6 Å². The lowest BCUT2D eigenvalue weighted by Crippen LogP contribution is -2.44. The van der Waals surface area contributed by atoms with Gasteiger partial charge in [-0.05, 0) is 36.6 Å². The maximum absolute atomic E-state index is 13.5. The van der Waals surface area contributed by atoms with Crippen LogP contribution in [0.5, 0.6) is 0 Å². The Morgan fingerprint density at radius 3 is 3.07 bits per heavy atom. The van der Waals surface area contributed by atoms with E-state index in [0.29, 0.717) is 18.7 Å². The molecule has 2 aromatic heterocycles. The number of rotatable bonds is 2. The predicted molar refractivity (Wildman–Crippen MR) is 101 cm³/mol. The van der Waals surface area contributed by atoms with Crippen molar-refractivity contribution in [2.75, 3.05) is 5.32 Å². The number of urea groups is 1. The number of carbonyl (C=O) groups is 1. The molecule has 0 bridgehead atoms. The van der Waals surface area contributed by atoms with Gasteiger partial charge >= 0.3 is 6.03 Å². The first-order chi connectivity index (χ1) is 13.1. The molecular weight excluding hydrogens is 365 g/mol. The van der Waals surface area contributed by atoms with E-state index in [1.807, 2.05) is 24.4 Å². The molecule has 27 heavy (non-hydrogen) atoms. The second-order valence-electron chi connectivity index (χ2n) is 6.42. The van der Waals surface area contributed by atoms with Crippen molar-refractivity contribution in [1.29, 1.82) is 5.26 Å². The summed E-state index contributed by atoms with van der Waals surface area (Å²) in [6.07, 6.45) is 0.675.